The molecule has 2 aromatic rings. The van der Waals surface area contributed by atoms with Crippen LogP contribution in [-0.4, -0.2) is 32.5 Å². The first-order chi connectivity index (χ1) is 12.4. The first-order valence-electron chi connectivity index (χ1n) is 7.32. The van der Waals surface area contributed by atoms with E-state index >= 15 is 0 Å². The van der Waals surface area contributed by atoms with Crippen LogP contribution in [0.1, 0.15) is 6.92 Å². The van der Waals surface area contributed by atoms with Crippen LogP contribution in [0.25, 0.3) is 10.8 Å². The molecule has 26 heavy (non-hydrogen) atoms. The summed E-state index contributed by atoms with van der Waals surface area (Å²) in [6.07, 6.45) is -2.01. The lowest BCUT2D eigenvalue weighted by atomic mass is 10.1. The highest BCUT2D eigenvalue weighted by molar-refractivity contribution is 6.00. The van der Waals surface area contributed by atoms with Crippen LogP contribution in [0.5, 0.6) is 17.2 Å². The van der Waals surface area contributed by atoms with E-state index in [9.17, 15) is 14.4 Å². The molecule has 0 unspecified atom stereocenters. The van der Waals surface area contributed by atoms with E-state index in [1.807, 2.05) is 0 Å². The Morgan fingerprint density at radius 1 is 0.846 bits per heavy atom. The van der Waals surface area contributed by atoms with E-state index in [-0.39, 0.29) is 22.8 Å². The van der Waals surface area contributed by atoms with E-state index in [1.54, 1.807) is 24.3 Å². The van der Waals surface area contributed by atoms with Gasteiger partial charge < -0.3 is 23.7 Å². The number of hydrogen-bond acceptors (Lipinski definition) is 8. The van der Waals surface area contributed by atoms with Crippen LogP contribution in [0.15, 0.2) is 42.5 Å². The summed E-state index contributed by atoms with van der Waals surface area (Å²) in [4.78, 5) is 35.0. The zero-order chi connectivity index (χ0) is 19.3. The lowest BCUT2D eigenvalue weighted by Crippen LogP contribution is -2.14. The standard InChI is InChI=1S/C18H16O8/c1-10(2)16(19)26-15-12-8-6-5-7-11(12)13(24-17(20)22-3)9-14(15)25-18(21)23-4/h5-9H,1H2,2-4H3. The summed E-state index contributed by atoms with van der Waals surface area (Å²) >= 11 is 0. The Morgan fingerprint density at radius 3 is 1.92 bits per heavy atom. The number of hydrogen-bond donors (Lipinski definition) is 0. The minimum absolute atomic E-state index is 0.0430. The topological polar surface area (TPSA) is 97.4 Å². The highest BCUT2D eigenvalue weighted by Crippen LogP contribution is 2.42. The van der Waals surface area contributed by atoms with E-state index < -0.39 is 18.3 Å². The van der Waals surface area contributed by atoms with Gasteiger partial charge in [-0.2, -0.15) is 0 Å². The van der Waals surface area contributed by atoms with Crippen LogP contribution in [-0.2, 0) is 14.3 Å². The van der Waals surface area contributed by atoms with Crippen LogP contribution in [0, 0.1) is 0 Å². The molecule has 0 spiro atoms. The molecule has 0 saturated carbocycles. The minimum Gasteiger partial charge on any atom is -0.437 e. The molecule has 0 amide bonds. The Balaban J connectivity index is 2.68. The zero-order valence-electron chi connectivity index (χ0n) is 14.4. The minimum atomic E-state index is -1.04. The molecule has 0 aliphatic carbocycles. The van der Waals surface area contributed by atoms with Crippen molar-refractivity contribution in [1.29, 1.82) is 0 Å². The number of esters is 1. The summed E-state index contributed by atoms with van der Waals surface area (Å²) < 4.78 is 24.4. The second-order valence-electron chi connectivity index (χ2n) is 5.03. The molecule has 0 atom stereocenters. The second kappa shape index (κ2) is 8.02. The lowest BCUT2D eigenvalue weighted by molar-refractivity contribution is -0.130. The molecule has 0 N–H and O–H groups in total. The Labute approximate surface area is 148 Å². The fraction of sp³-hybridized carbons (Fsp3) is 0.167. The van der Waals surface area contributed by atoms with Gasteiger partial charge in [-0.3, -0.25) is 0 Å². The fourth-order valence-corrected chi connectivity index (χ4v) is 2.00. The van der Waals surface area contributed by atoms with E-state index in [2.05, 4.69) is 16.1 Å². The summed E-state index contributed by atoms with van der Waals surface area (Å²) in [5.74, 6) is -0.895. The van der Waals surface area contributed by atoms with Gasteiger partial charge in [-0.15, -0.1) is 0 Å². The molecule has 0 aliphatic heterocycles. The van der Waals surface area contributed by atoms with Crippen molar-refractivity contribution in [3.63, 3.8) is 0 Å². The first-order valence-corrected chi connectivity index (χ1v) is 7.32. The predicted octanol–water partition coefficient (Wildman–Crippen LogP) is 3.61. The summed E-state index contributed by atoms with van der Waals surface area (Å²) in [7, 11) is 2.27. The van der Waals surface area contributed by atoms with Crippen molar-refractivity contribution in [2.45, 2.75) is 6.92 Å². The highest BCUT2D eigenvalue weighted by atomic mass is 16.7. The summed E-state index contributed by atoms with van der Waals surface area (Å²) in [6, 6.07) is 7.82. The number of fused-ring (bicyclic) bond motifs is 1. The van der Waals surface area contributed by atoms with Crippen molar-refractivity contribution in [1.82, 2.24) is 0 Å². The Kier molecular flexibility index (Phi) is 5.79. The van der Waals surface area contributed by atoms with Gasteiger partial charge in [-0.1, -0.05) is 30.8 Å². The maximum Gasteiger partial charge on any atom is 0.513 e. The van der Waals surface area contributed by atoms with E-state index in [0.717, 1.165) is 14.2 Å². The van der Waals surface area contributed by atoms with Gasteiger partial charge in [0.25, 0.3) is 0 Å². The van der Waals surface area contributed by atoms with Gasteiger partial charge in [-0.05, 0) is 6.92 Å². The van der Waals surface area contributed by atoms with Crippen molar-refractivity contribution in [3.05, 3.63) is 42.5 Å². The number of rotatable bonds is 4. The van der Waals surface area contributed by atoms with Crippen molar-refractivity contribution in [2.75, 3.05) is 14.2 Å². The highest BCUT2D eigenvalue weighted by Gasteiger charge is 2.22. The van der Waals surface area contributed by atoms with E-state index in [1.165, 1.54) is 13.0 Å². The number of methoxy groups -OCH3 is 2. The molecule has 2 rings (SSSR count). The molecule has 0 bridgehead atoms. The first kappa shape index (κ1) is 18.8. The lowest BCUT2D eigenvalue weighted by Gasteiger charge is -2.15. The van der Waals surface area contributed by atoms with Crippen LogP contribution < -0.4 is 14.2 Å². The predicted molar refractivity (Wildman–Crippen MR) is 90.5 cm³/mol. The Morgan fingerprint density at radius 2 is 1.38 bits per heavy atom. The van der Waals surface area contributed by atoms with Gasteiger partial charge in [0.15, 0.2) is 11.5 Å². The van der Waals surface area contributed by atoms with Gasteiger partial charge in [0.2, 0.25) is 0 Å². The third-order valence-electron chi connectivity index (χ3n) is 3.19. The quantitative estimate of drug-likeness (QED) is 0.353. The van der Waals surface area contributed by atoms with Gasteiger partial charge in [0, 0.05) is 22.4 Å². The smallest absolute Gasteiger partial charge is 0.437 e. The molecular formula is C18H16O8. The SMILES string of the molecule is C=C(C)C(=O)Oc1c(OC(=O)OC)cc(OC(=O)OC)c2ccccc12. The van der Waals surface area contributed by atoms with Crippen molar-refractivity contribution in [2.24, 2.45) is 0 Å². The number of ether oxygens (including phenoxy) is 5. The van der Waals surface area contributed by atoms with Crippen LogP contribution in [0.3, 0.4) is 0 Å². The van der Waals surface area contributed by atoms with E-state index in [0.29, 0.717) is 10.8 Å². The van der Waals surface area contributed by atoms with Gasteiger partial charge in [0.1, 0.15) is 5.75 Å². The number of benzene rings is 2. The maximum atomic E-state index is 12.0. The average molecular weight is 360 g/mol. The second-order valence-corrected chi connectivity index (χ2v) is 5.03. The maximum absolute atomic E-state index is 12.0. The van der Waals surface area contributed by atoms with Gasteiger partial charge >= 0.3 is 18.3 Å². The molecule has 8 nitrogen and oxygen atoms in total. The Bertz CT molecular complexity index is 884. The summed E-state index contributed by atoms with van der Waals surface area (Å²) in [5.41, 5.74) is 0.146. The molecular weight excluding hydrogens is 344 g/mol. The zero-order valence-corrected chi connectivity index (χ0v) is 14.4. The molecule has 0 aliphatic rings. The average Bonchev–Trinajstić information content (AvgIpc) is 2.63. The molecule has 136 valence electrons. The third kappa shape index (κ3) is 4.10. The van der Waals surface area contributed by atoms with Crippen molar-refractivity contribution < 1.29 is 38.1 Å². The Hall–Kier alpha value is -3.55. The van der Waals surface area contributed by atoms with Crippen LogP contribution in [0.4, 0.5) is 9.59 Å². The molecule has 0 saturated heterocycles. The number of carbonyl (C=O) groups is 3. The molecule has 0 radical (unpaired) electrons. The third-order valence-corrected chi connectivity index (χ3v) is 3.19. The van der Waals surface area contributed by atoms with Gasteiger partial charge in [-0.25, -0.2) is 14.4 Å². The molecule has 0 heterocycles. The van der Waals surface area contributed by atoms with Crippen molar-refractivity contribution >= 4 is 29.1 Å². The summed E-state index contributed by atoms with van der Waals surface area (Å²) in [6.45, 7) is 4.99. The van der Waals surface area contributed by atoms with Gasteiger partial charge in [0.05, 0.1) is 14.2 Å². The van der Waals surface area contributed by atoms with Crippen LogP contribution in [0.2, 0.25) is 0 Å². The largest absolute Gasteiger partial charge is 0.513 e. The fourth-order valence-electron chi connectivity index (χ4n) is 2.00. The molecule has 2 aromatic carbocycles. The van der Waals surface area contributed by atoms with Crippen molar-refractivity contribution in [3.8, 4) is 17.2 Å². The molecule has 0 aromatic heterocycles. The monoisotopic (exact) mass is 360 g/mol. The summed E-state index contributed by atoms with van der Waals surface area (Å²) in [5, 5.41) is 0.794. The van der Waals surface area contributed by atoms with Crippen LogP contribution >= 0.6 is 0 Å². The normalized spacial score (nSPS) is 9.96. The molecule has 8 heteroatoms. The number of carbonyl (C=O) groups excluding carboxylic acids is 3. The van der Waals surface area contributed by atoms with E-state index in [4.69, 9.17) is 14.2 Å². The molecule has 0 fully saturated rings.